The molecule has 3 unspecified atom stereocenters. The maximum absolute atomic E-state index is 12.9. The number of nitrogens with one attached hydrogen (secondary N) is 2. The number of thioether (sulfide) groups is 1. The first-order valence-electron chi connectivity index (χ1n) is 13.7. The van der Waals surface area contributed by atoms with Gasteiger partial charge in [0.25, 0.3) is 0 Å². The molecule has 0 saturated heterocycles. The molecule has 0 radical (unpaired) electrons. The number of ketones is 1. The average molecular weight is 597 g/mol. The lowest BCUT2D eigenvalue weighted by Crippen LogP contribution is -2.46. The molecule has 0 heterocycles. The third kappa shape index (κ3) is 17.4. The van der Waals surface area contributed by atoms with E-state index in [-0.39, 0.29) is 36.7 Å². The van der Waals surface area contributed by atoms with Crippen molar-refractivity contribution in [2.24, 2.45) is 22.2 Å². The third-order valence-electron chi connectivity index (χ3n) is 5.86. The van der Waals surface area contributed by atoms with Crippen molar-refractivity contribution in [1.82, 2.24) is 10.6 Å². The second-order valence-corrected chi connectivity index (χ2v) is 15.5. The molecule has 0 aliphatic carbocycles. The van der Waals surface area contributed by atoms with E-state index in [1.165, 1.54) is 13.8 Å². The SMILES string of the molecule is CCCCSCCNC(=O)CCNC(=O)C(O)C(C)(C)COP(=O)(O)OCC(CC(C)(C)C)C(=O)C(C)(C)C. The fourth-order valence-electron chi connectivity index (χ4n) is 3.58. The zero-order valence-electron chi connectivity index (χ0n) is 25.4. The van der Waals surface area contributed by atoms with Gasteiger partial charge in [0.1, 0.15) is 11.9 Å². The predicted octanol–water partition coefficient (Wildman–Crippen LogP) is 4.33. The van der Waals surface area contributed by atoms with E-state index in [2.05, 4.69) is 17.6 Å². The van der Waals surface area contributed by atoms with Crippen molar-refractivity contribution in [3.63, 3.8) is 0 Å². The number of Topliss-reactive ketones (excluding diaryl/α,β-unsaturated/α-hetero) is 1. The lowest BCUT2D eigenvalue weighted by molar-refractivity contribution is -0.137. The van der Waals surface area contributed by atoms with Gasteiger partial charge in [0, 0.05) is 42.0 Å². The van der Waals surface area contributed by atoms with E-state index in [0.29, 0.717) is 13.0 Å². The van der Waals surface area contributed by atoms with Crippen LogP contribution in [0, 0.1) is 22.2 Å². The summed E-state index contributed by atoms with van der Waals surface area (Å²) in [7, 11) is -4.57. The minimum absolute atomic E-state index is 0.0419. The third-order valence-corrected chi connectivity index (χ3v) is 7.86. The second kappa shape index (κ2) is 17.1. The Hall–Kier alpha value is -0.970. The lowest BCUT2D eigenvalue weighted by Gasteiger charge is -2.31. The van der Waals surface area contributed by atoms with Gasteiger partial charge in [-0.3, -0.25) is 23.4 Å². The largest absolute Gasteiger partial charge is 0.472 e. The number of unbranched alkanes of at least 4 members (excludes halogenated alkanes) is 1. The molecule has 0 aliphatic heterocycles. The summed E-state index contributed by atoms with van der Waals surface area (Å²) in [6.45, 7) is 16.3. The van der Waals surface area contributed by atoms with Gasteiger partial charge in [-0.2, -0.15) is 11.8 Å². The van der Waals surface area contributed by atoms with Gasteiger partial charge in [-0.15, -0.1) is 0 Å². The van der Waals surface area contributed by atoms with Crippen LogP contribution in [0.1, 0.15) is 88.0 Å². The molecule has 0 spiro atoms. The molecule has 0 rings (SSSR count). The number of aliphatic hydroxyl groups is 1. The van der Waals surface area contributed by atoms with Gasteiger partial charge in [0.05, 0.1) is 13.2 Å². The molecule has 12 heteroatoms. The number of hydrogen-bond donors (Lipinski definition) is 4. The normalized spacial score (nSPS) is 15.8. The molecule has 0 fully saturated rings. The highest BCUT2D eigenvalue weighted by Gasteiger charge is 2.38. The van der Waals surface area contributed by atoms with E-state index in [0.717, 1.165) is 24.3 Å². The number of carbonyl (C=O) groups excluding carboxylic acids is 3. The first-order valence-corrected chi connectivity index (χ1v) is 16.3. The van der Waals surface area contributed by atoms with Crippen molar-refractivity contribution in [2.75, 3.05) is 37.8 Å². The number of phosphoric ester groups is 1. The Balaban J connectivity index is 4.72. The van der Waals surface area contributed by atoms with Crippen molar-refractivity contribution in [2.45, 2.75) is 94.1 Å². The Bertz CT molecular complexity index is 824. The smallest absolute Gasteiger partial charge is 0.383 e. The zero-order valence-corrected chi connectivity index (χ0v) is 27.1. The summed E-state index contributed by atoms with van der Waals surface area (Å²) in [6.07, 6.45) is 1.25. The van der Waals surface area contributed by atoms with Crippen LogP contribution < -0.4 is 10.6 Å². The van der Waals surface area contributed by atoms with Crippen LogP contribution >= 0.6 is 19.6 Å². The Morgan fingerprint density at radius 1 is 0.949 bits per heavy atom. The Kier molecular flexibility index (Phi) is 16.7. The number of rotatable bonds is 19. The van der Waals surface area contributed by atoms with Crippen LogP contribution in [0.5, 0.6) is 0 Å². The fraction of sp³-hybridized carbons (Fsp3) is 0.889. The second-order valence-electron chi connectivity index (χ2n) is 12.9. The van der Waals surface area contributed by atoms with Gasteiger partial charge < -0.3 is 20.6 Å². The Morgan fingerprint density at radius 2 is 1.56 bits per heavy atom. The van der Waals surface area contributed by atoms with Crippen molar-refractivity contribution < 1.29 is 38.0 Å². The Morgan fingerprint density at radius 3 is 2.10 bits per heavy atom. The molecule has 0 aromatic rings. The van der Waals surface area contributed by atoms with Crippen LogP contribution in [0.2, 0.25) is 0 Å². The van der Waals surface area contributed by atoms with E-state index in [1.54, 1.807) is 32.5 Å². The summed E-state index contributed by atoms with van der Waals surface area (Å²) in [5.74, 6) is 0.289. The predicted molar refractivity (Wildman–Crippen MR) is 156 cm³/mol. The standard InChI is InChI=1S/C27H53N2O8PS/c1-10-11-15-39-16-14-28-21(30)12-13-29-24(33)23(32)27(8,9)19-37-38(34,35)36-18-20(17-25(2,3)4)22(31)26(5,6)7/h20,23,32H,10-19H2,1-9H3,(H,28,30)(H,29,33)(H,34,35). The molecule has 0 aliphatic rings. The zero-order chi connectivity index (χ0) is 30.5. The quantitative estimate of drug-likeness (QED) is 0.126. The fourth-order valence-corrected chi connectivity index (χ4v) is 5.46. The van der Waals surface area contributed by atoms with Crippen LogP contribution in [-0.2, 0) is 28.0 Å². The highest BCUT2D eigenvalue weighted by atomic mass is 32.2. The maximum atomic E-state index is 12.9. The van der Waals surface area contributed by atoms with Gasteiger partial charge in [-0.05, 0) is 24.0 Å². The molecule has 0 aromatic heterocycles. The molecule has 3 atom stereocenters. The summed E-state index contributed by atoms with van der Waals surface area (Å²) < 4.78 is 22.9. The topological polar surface area (TPSA) is 151 Å². The number of amides is 2. The summed E-state index contributed by atoms with van der Waals surface area (Å²) in [5, 5.41) is 15.8. The summed E-state index contributed by atoms with van der Waals surface area (Å²) in [6, 6.07) is 0. The van der Waals surface area contributed by atoms with E-state index in [9.17, 15) is 28.9 Å². The minimum Gasteiger partial charge on any atom is -0.383 e. The van der Waals surface area contributed by atoms with E-state index < -0.39 is 43.2 Å². The molecule has 0 saturated carbocycles. The number of aliphatic hydroxyl groups excluding tert-OH is 1. The van der Waals surface area contributed by atoms with Crippen molar-refractivity contribution in [3.05, 3.63) is 0 Å². The van der Waals surface area contributed by atoms with Crippen molar-refractivity contribution in [1.29, 1.82) is 0 Å². The van der Waals surface area contributed by atoms with Gasteiger partial charge in [0.2, 0.25) is 11.8 Å². The van der Waals surface area contributed by atoms with Crippen molar-refractivity contribution in [3.8, 4) is 0 Å². The van der Waals surface area contributed by atoms with E-state index in [1.807, 2.05) is 20.8 Å². The summed E-state index contributed by atoms with van der Waals surface area (Å²) >= 11 is 1.78. The first kappa shape index (κ1) is 38.0. The molecule has 10 nitrogen and oxygen atoms in total. The lowest BCUT2D eigenvalue weighted by atomic mass is 9.76. The molecular weight excluding hydrogens is 543 g/mol. The molecule has 4 N–H and O–H groups in total. The molecular formula is C27H53N2O8PS. The first-order chi connectivity index (χ1) is 17.7. The highest BCUT2D eigenvalue weighted by Crippen LogP contribution is 2.46. The van der Waals surface area contributed by atoms with E-state index in [4.69, 9.17) is 9.05 Å². The van der Waals surface area contributed by atoms with Gasteiger partial charge in [-0.1, -0.05) is 68.7 Å². The van der Waals surface area contributed by atoms with Gasteiger partial charge in [-0.25, -0.2) is 4.57 Å². The van der Waals surface area contributed by atoms with Crippen LogP contribution in [0.25, 0.3) is 0 Å². The molecule has 2 amide bonds. The molecule has 0 bridgehead atoms. The molecule has 230 valence electrons. The van der Waals surface area contributed by atoms with Crippen LogP contribution in [0.15, 0.2) is 0 Å². The Labute approximate surface area is 239 Å². The van der Waals surface area contributed by atoms with Crippen LogP contribution in [-0.4, -0.2) is 71.5 Å². The highest BCUT2D eigenvalue weighted by molar-refractivity contribution is 7.99. The van der Waals surface area contributed by atoms with Gasteiger partial charge in [0.15, 0.2) is 0 Å². The molecule has 39 heavy (non-hydrogen) atoms. The van der Waals surface area contributed by atoms with Gasteiger partial charge >= 0.3 is 7.82 Å². The van der Waals surface area contributed by atoms with E-state index >= 15 is 0 Å². The number of hydrogen-bond acceptors (Lipinski definition) is 8. The minimum atomic E-state index is -4.57. The number of phosphoric acid groups is 1. The summed E-state index contributed by atoms with van der Waals surface area (Å²) in [5.41, 5.74) is -2.09. The summed E-state index contributed by atoms with van der Waals surface area (Å²) in [4.78, 5) is 47.5. The number of carbonyl (C=O) groups is 3. The van der Waals surface area contributed by atoms with Crippen LogP contribution in [0.3, 0.4) is 0 Å². The van der Waals surface area contributed by atoms with Crippen LogP contribution in [0.4, 0.5) is 0 Å². The monoisotopic (exact) mass is 596 g/mol. The van der Waals surface area contributed by atoms with Crippen molar-refractivity contribution >= 4 is 37.2 Å². The molecule has 0 aromatic carbocycles. The maximum Gasteiger partial charge on any atom is 0.472 e. The average Bonchev–Trinajstić information content (AvgIpc) is 2.80.